The molecule has 1 aromatic rings. The Morgan fingerprint density at radius 2 is 2.00 bits per heavy atom. The molecule has 0 bridgehead atoms. The first kappa shape index (κ1) is 15.4. The highest BCUT2D eigenvalue weighted by Gasteiger charge is 2.48. The predicted molar refractivity (Wildman–Crippen MR) is 86.5 cm³/mol. The minimum Gasteiger partial charge on any atom is -0.370 e. The fraction of sp³-hybridized carbons (Fsp3) is 0.562. The lowest BCUT2D eigenvalue weighted by Gasteiger charge is -2.47. The Morgan fingerprint density at radius 3 is 2.55 bits per heavy atom. The van der Waals surface area contributed by atoms with Crippen LogP contribution in [0.4, 0.5) is 5.69 Å². The fourth-order valence-corrected chi connectivity index (χ4v) is 3.69. The van der Waals surface area contributed by atoms with Gasteiger partial charge in [0.25, 0.3) is 0 Å². The van der Waals surface area contributed by atoms with Crippen LogP contribution >= 0.6 is 15.9 Å². The van der Waals surface area contributed by atoms with Gasteiger partial charge in [0.2, 0.25) is 5.91 Å². The van der Waals surface area contributed by atoms with Crippen LogP contribution in [0.3, 0.4) is 0 Å². The smallest absolute Gasteiger partial charge is 0.243 e. The maximum Gasteiger partial charge on any atom is 0.243 e. The van der Waals surface area contributed by atoms with Gasteiger partial charge in [-0.2, -0.15) is 0 Å². The molecule has 4 heteroatoms. The molecule has 0 radical (unpaired) electrons. The van der Waals surface area contributed by atoms with E-state index in [0.29, 0.717) is 0 Å². The van der Waals surface area contributed by atoms with Crippen molar-refractivity contribution in [2.24, 2.45) is 17.1 Å². The quantitative estimate of drug-likeness (QED) is 0.877. The van der Waals surface area contributed by atoms with E-state index in [2.05, 4.69) is 42.0 Å². The Labute approximate surface area is 129 Å². The molecule has 1 aliphatic carbocycles. The molecule has 110 valence electrons. The first-order chi connectivity index (χ1) is 9.27. The molecule has 0 aromatic heterocycles. The molecule has 0 aliphatic heterocycles. The van der Waals surface area contributed by atoms with E-state index in [9.17, 15) is 4.79 Å². The van der Waals surface area contributed by atoms with Crippen LogP contribution in [-0.4, -0.2) is 11.4 Å². The zero-order valence-electron chi connectivity index (χ0n) is 12.4. The lowest BCUT2D eigenvalue weighted by Crippen LogP contribution is -2.58. The molecule has 0 heterocycles. The van der Waals surface area contributed by atoms with E-state index >= 15 is 0 Å². The number of nitrogens with two attached hydrogens (primary N) is 1. The summed E-state index contributed by atoms with van der Waals surface area (Å²) in [4.78, 5) is 12.2. The SMILES string of the molecule is CC1CC(C)(C)CCC1(Nc1ccccc1Br)C(N)=O. The first-order valence-electron chi connectivity index (χ1n) is 7.09. The molecule has 3 nitrogen and oxygen atoms in total. The van der Waals surface area contributed by atoms with Gasteiger partial charge in [-0.25, -0.2) is 0 Å². The lowest BCUT2D eigenvalue weighted by molar-refractivity contribution is -0.126. The number of hydrogen-bond acceptors (Lipinski definition) is 2. The van der Waals surface area contributed by atoms with Crippen molar-refractivity contribution in [1.82, 2.24) is 0 Å². The summed E-state index contributed by atoms with van der Waals surface area (Å²) >= 11 is 3.52. The third kappa shape index (κ3) is 2.85. The number of para-hydroxylation sites is 1. The zero-order valence-corrected chi connectivity index (χ0v) is 14.0. The Bertz CT molecular complexity index is 515. The van der Waals surface area contributed by atoms with Crippen LogP contribution in [0.1, 0.15) is 40.0 Å². The number of carbonyl (C=O) groups is 1. The van der Waals surface area contributed by atoms with E-state index in [-0.39, 0.29) is 17.2 Å². The average Bonchev–Trinajstić information content (AvgIpc) is 2.34. The number of rotatable bonds is 3. The Kier molecular flexibility index (Phi) is 4.14. The minimum absolute atomic E-state index is 0.204. The highest BCUT2D eigenvalue weighted by Crippen LogP contribution is 2.45. The number of benzene rings is 1. The largest absolute Gasteiger partial charge is 0.370 e. The van der Waals surface area contributed by atoms with Crippen LogP contribution < -0.4 is 11.1 Å². The van der Waals surface area contributed by atoms with E-state index in [1.54, 1.807) is 0 Å². The van der Waals surface area contributed by atoms with Crippen molar-refractivity contribution in [2.45, 2.75) is 45.6 Å². The molecule has 0 spiro atoms. The van der Waals surface area contributed by atoms with Gasteiger partial charge in [0.15, 0.2) is 0 Å². The summed E-state index contributed by atoms with van der Waals surface area (Å²) < 4.78 is 0.956. The third-order valence-electron chi connectivity index (χ3n) is 4.57. The maximum absolute atomic E-state index is 12.2. The maximum atomic E-state index is 12.2. The predicted octanol–water partition coefficient (Wildman–Crippen LogP) is 3.93. The van der Waals surface area contributed by atoms with E-state index in [1.807, 2.05) is 24.3 Å². The number of nitrogens with one attached hydrogen (secondary N) is 1. The summed E-state index contributed by atoms with van der Waals surface area (Å²) in [5, 5.41) is 3.43. The average molecular weight is 339 g/mol. The summed E-state index contributed by atoms with van der Waals surface area (Å²) in [5.74, 6) is -0.0490. The van der Waals surface area contributed by atoms with Crippen molar-refractivity contribution in [2.75, 3.05) is 5.32 Å². The summed E-state index contributed by atoms with van der Waals surface area (Å²) in [6, 6.07) is 7.86. The monoisotopic (exact) mass is 338 g/mol. The second kappa shape index (κ2) is 5.40. The second-order valence-electron chi connectivity index (χ2n) is 6.71. The second-order valence-corrected chi connectivity index (χ2v) is 7.56. The van der Waals surface area contributed by atoms with Crippen LogP contribution in [0.15, 0.2) is 28.7 Å². The van der Waals surface area contributed by atoms with E-state index in [1.165, 1.54) is 0 Å². The number of halogens is 1. The summed E-state index contributed by atoms with van der Waals surface area (Å²) in [6.45, 7) is 6.63. The number of anilines is 1. The Morgan fingerprint density at radius 1 is 1.35 bits per heavy atom. The fourth-order valence-electron chi connectivity index (χ4n) is 3.30. The molecule has 1 aromatic carbocycles. The van der Waals surface area contributed by atoms with Gasteiger partial charge >= 0.3 is 0 Å². The summed E-state index contributed by atoms with van der Waals surface area (Å²) in [7, 11) is 0. The van der Waals surface area contributed by atoms with Gasteiger partial charge in [-0.1, -0.05) is 32.9 Å². The Hall–Kier alpha value is -1.03. The highest BCUT2D eigenvalue weighted by atomic mass is 79.9. The first-order valence-corrected chi connectivity index (χ1v) is 7.89. The number of carbonyl (C=O) groups excluding carboxylic acids is 1. The molecule has 1 fully saturated rings. The summed E-state index contributed by atoms with van der Waals surface area (Å²) in [5.41, 5.74) is 6.31. The number of primary amides is 1. The van der Waals surface area contributed by atoms with E-state index in [4.69, 9.17) is 5.73 Å². The van der Waals surface area contributed by atoms with Crippen LogP contribution in [-0.2, 0) is 4.79 Å². The molecule has 2 rings (SSSR count). The van der Waals surface area contributed by atoms with E-state index in [0.717, 1.165) is 29.4 Å². The minimum atomic E-state index is -0.653. The lowest BCUT2D eigenvalue weighted by atomic mass is 9.63. The highest BCUT2D eigenvalue weighted by molar-refractivity contribution is 9.10. The van der Waals surface area contributed by atoms with Gasteiger partial charge in [0.05, 0.1) is 0 Å². The van der Waals surface area contributed by atoms with Gasteiger partial charge in [-0.05, 0) is 58.7 Å². The van der Waals surface area contributed by atoms with Crippen LogP contribution in [0.5, 0.6) is 0 Å². The van der Waals surface area contributed by atoms with Crippen LogP contribution in [0.25, 0.3) is 0 Å². The van der Waals surface area contributed by atoms with Gasteiger partial charge < -0.3 is 11.1 Å². The van der Waals surface area contributed by atoms with Crippen LogP contribution in [0.2, 0.25) is 0 Å². The van der Waals surface area contributed by atoms with Crippen molar-refractivity contribution < 1.29 is 4.79 Å². The third-order valence-corrected chi connectivity index (χ3v) is 5.26. The summed E-state index contributed by atoms with van der Waals surface area (Å²) in [6.07, 6.45) is 2.77. The van der Waals surface area contributed by atoms with Gasteiger partial charge in [0.1, 0.15) is 5.54 Å². The molecule has 3 N–H and O–H groups in total. The van der Waals surface area contributed by atoms with Gasteiger partial charge in [-0.3, -0.25) is 4.79 Å². The molecular weight excluding hydrogens is 316 g/mol. The van der Waals surface area contributed by atoms with E-state index < -0.39 is 5.54 Å². The Balaban J connectivity index is 2.32. The molecule has 1 saturated carbocycles. The number of amides is 1. The topological polar surface area (TPSA) is 55.1 Å². The number of hydrogen-bond donors (Lipinski definition) is 2. The van der Waals surface area contributed by atoms with Gasteiger partial charge in [0, 0.05) is 10.2 Å². The van der Waals surface area contributed by atoms with Crippen molar-refractivity contribution in [3.05, 3.63) is 28.7 Å². The van der Waals surface area contributed by atoms with Crippen molar-refractivity contribution >= 4 is 27.5 Å². The van der Waals surface area contributed by atoms with Crippen molar-refractivity contribution in [3.63, 3.8) is 0 Å². The zero-order chi connectivity index (χ0) is 15.0. The molecule has 20 heavy (non-hydrogen) atoms. The van der Waals surface area contributed by atoms with Crippen molar-refractivity contribution in [3.8, 4) is 0 Å². The molecule has 2 unspecified atom stereocenters. The van der Waals surface area contributed by atoms with Gasteiger partial charge in [-0.15, -0.1) is 0 Å². The molecular formula is C16H23BrN2O. The molecule has 2 atom stereocenters. The molecule has 1 aliphatic rings. The van der Waals surface area contributed by atoms with Crippen LogP contribution in [0, 0.1) is 11.3 Å². The normalized spacial score (nSPS) is 28.9. The standard InChI is InChI=1S/C16H23BrN2O/c1-11-10-15(2,3)8-9-16(11,14(18)20)19-13-7-5-4-6-12(13)17/h4-7,11,19H,8-10H2,1-3H3,(H2,18,20). The molecule has 1 amide bonds. The molecule has 0 saturated heterocycles. The van der Waals surface area contributed by atoms with Crippen molar-refractivity contribution in [1.29, 1.82) is 0 Å².